The molecule has 2 heterocycles. The molecule has 0 bridgehead atoms. The molecule has 6 nitrogen and oxygen atoms in total. The molecule has 0 spiro atoms. The van der Waals surface area contributed by atoms with E-state index in [1.54, 1.807) is 31.4 Å². The van der Waals surface area contributed by atoms with E-state index < -0.39 is 10.0 Å². The zero-order valence-electron chi connectivity index (χ0n) is 8.93. The van der Waals surface area contributed by atoms with Gasteiger partial charge in [-0.05, 0) is 19.2 Å². The van der Waals surface area contributed by atoms with Crippen LogP contribution in [0.5, 0.6) is 0 Å². The van der Waals surface area contributed by atoms with Crippen molar-refractivity contribution in [2.45, 2.75) is 5.03 Å². The molecule has 2 rings (SSSR count). The zero-order chi connectivity index (χ0) is 11.8. The minimum atomic E-state index is -3.54. The van der Waals surface area contributed by atoms with Crippen LogP contribution in [0.3, 0.4) is 0 Å². The van der Waals surface area contributed by atoms with E-state index in [1.807, 2.05) is 0 Å². The fourth-order valence-electron chi connectivity index (χ4n) is 1.49. The average Bonchev–Trinajstić information content (AvgIpc) is 2.67. The van der Waals surface area contributed by atoms with Crippen molar-refractivity contribution < 1.29 is 8.42 Å². The quantitative estimate of drug-likeness (QED) is 0.808. The Morgan fingerprint density at radius 3 is 2.69 bits per heavy atom. The van der Waals surface area contributed by atoms with Crippen LogP contribution >= 0.6 is 0 Å². The topological polar surface area (TPSA) is 75.5 Å². The predicted octanol–water partition coefficient (Wildman–Crippen LogP) is 0.284. The van der Waals surface area contributed by atoms with Crippen LogP contribution in [0.25, 0.3) is 5.65 Å². The Hall–Kier alpha value is -1.60. The number of anilines is 1. The summed E-state index contributed by atoms with van der Waals surface area (Å²) in [7, 11) is -0.529. The molecule has 16 heavy (non-hydrogen) atoms. The minimum absolute atomic E-state index is 0.119. The van der Waals surface area contributed by atoms with Gasteiger partial charge in [0.15, 0.2) is 10.8 Å². The van der Waals surface area contributed by atoms with Gasteiger partial charge in [-0.2, -0.15) is 0 Å². The van der Waals surface area contributed by atoms with Crippen LogP contribution in [-0.2, 0) is 10.0 Å². The van der Waals surface area contributed by atoms with Gasteiger partial charge < -0.3 is 5.32 Å². The van der Waals surface area contributed by atoms with Gasteiger partial charge in [0.1, 0.15) is 5.65 Å². The Morgan fingerprint density at radius 2 is 2.06 bits per heavy atom. The number of hydrogen-bond donors (Lipinski definition) is 2. The first kappa shape index (κ1) is 10.9. The standard InChI is InChI=1S/C9H12N4O2S/c1-10-8-9(16(14,15)11-2)13-6-4-3-5-7(13)12-8/h3-6,10-11H,1-2H3. The minimum Gasteiger partial charge on any atom is -0.371 e. The summed E-state index contributed by atoms with van der Waals surface area (Å²) in [6.45, 7) is 0. The maximum Gasteiger partial charge on any atom is 0.260 e. The molecule has 0 fully saturated rings. The van der Waals surface area contributed by atoms with E-state index in [2.05, 4.69) is 15.0 Å². The third-order valence-electron chi connectivity index (χ3n) is 2.25. The highest BCUT2D eigenvalue weighted by Gasteiger charge is 2.22. The Bertz CT molecular complexity index is 617. The van der Waals surface area contributed by atoms with E-state index >= 15 is 0 Å². The number of nitrogens with zero attached hydrogens (tertiary/aromatic N) is 2. The number of rotatable bonds is 3. The van der Waals surface area contributed by atoms with Crippen molar-refractivity contribution in [2.75, 3.05) is 19.4 Å². The molecule has 0 unspecified atom stereocenters. The lowest BCUT2D eigenvalue weighted by molar-refractivity contribution is 0.583. The Labute approximate surface area is 93.4 Å². The molecular formula is C9H12N4O2S. The van der Waals surface area contributed by atoms with Crippen LogP contribution in [0.1, 0.15) is 0 Å². The summed E-state index contributed by atoms with van der Waals surface area (Å²) in [5, 5.41) is 2.89. The lowest BCUT2D eigenvalue weighted by Crippen LogP contribution is -2.21. The summed E-state index contributed by atoms with van der Waals surface area (Å²) < 4.78 is 27.5. The summed E-state index contributed by atoms with van der Waals surface area (Å²) >= 11 is 0. The van der Waals surface area contributed by atoms with Crippen LogP contribution in [0.4, 0.5) is 5.82 Å². The highest BCUT2D eigenvalue weighted by Crippen LogP contribution is 2.21. The molecule has 2 aromatic rings. The second kappa shape index (κ2) is 3.76. The summed E-state index contributed by atoms with van der Waals surface area (Å²) in [6, 6.07) is 5.30. The van der Waals surface area contributed by atoms with Crippen LogP contribution < -0.4 is 10.0 Å². The van der Waals surface area contributed by atoms with Gasteiger partial charge in [0, 0.05) is 13.2 Å². The van der Waals surface area contributed by atoms with Gasteiger partial charge in [-0.25, -0.2) is 18.1 Å². The first-order chi connectivity index (χ1) is 7.60. The van der Waals surface area contributed by atoms with Gasteiger partial charge in [0.25, 0.3) is 10.0 Å². The van der Waals surface area contributed by atoms with Crippen LogP contribution in [-0.4, -0.2) is 31.9 Å². The molecule has 0 radical (unpaired) electrons. The number of imidazole rings is 1. The van der Waals surface area contributed by atoms with Gasteiger partial charge in [-0.1, -0.05) is 6.07 Å². The van der Waals surface area contributed by atoms with Gasteiger partial charge >= 0.3 is 0 Å². The van der Waals surface area contributed by atoms with E-state index in [4.69, 9.17) is 0 Å². The van der Waals surface area contributed by atoms with Crippen molar-refractivity contribution in [1.29, 1.82) is 0 Å². The van der Waals surface area contributed by atoms with Crippen molar-refractivity contribution >= 4 is 21.5 Å². The molecule has 0 aliphatic carbocycles. The summed E-state index contributed by atoms with van der Waals surface area (Å²) in [5.74, 6) is 0.334. The summed E-state index contributed by atoms with van der Waals surface area (Å²) in [4.78, 5) is 4.18. The van der Waals surface area contributed by atoms with Crippen molar-refractivity contribution in [3.05, 3.63) is 24.4 Å². The third kappa shape index (κ3) is 1.54. The normalized spacial score (nSPS) is 11.9. The molecule has 0 saturated heterocycles. The molecule has 2 aromatic heterocycles. The maximum absolute atomic E-state index is 11.8. The highest BCUT2D eigenvalue weighted by molar-refractivity contribution is 7.89. The molecule has 0 amide bonds. The van der Waals surface area contributed by atoms with Gasteiger partial charge in [-0.15, -0.1) is 0 Å². The molecule has 0 aromatic carbocycles. The Balaban J connectivity index is 2.85. The number of sulfonamides is 1. The molecule has 0 aliphatic rings. The van der Waals surface area contributed by atoms with E-state index in [9.17, 15) is 8.42 Å². The molecule has 2 N–H and O–H groups in total. The highest BCUT2D eigenvalue weighted by atomic mass is 32.2. The van der Waals surface area contributed by atoms with Gasteiger partial charge in [0.05, 0.1) is 0 Å². The summed E-state index contributed by atoms with van der Waals surface area (Å²) in [5.41, 5.74) is 0.584. The number of hydrogen-bond acceptors (Lipinski definition) is 4. The lowest BCUT2D eigenvalue weighted by Gasteiger charge is -2.04. The van der Waals surface area contributed by atoms with Crippen molar-refractivity contribution in [2.24, 2.45) is 0 Å². The van der Waals surface area contributed by atoms with E-state index in [0.29, 0.717) is 11.5 Å². The third-order valence-corrected chi connectivity index (χ3v) is 3.68. The lowest BCUT2D eigenvalue weighted by atomic mass is 10.5. The molecular weight excluding hydrogens is 228 g/mol. The second-order valence-corrected chi connectivity index (χ2v) is 4.95. The van der Waals surface area contributed by atoms with Gasteiger partial charge in [0.2, 0.25) is 0 Å². The molecule has 86 valence electrons. The van der Waals surface area contributed by atoms with E-state index in [1.165, 1.54) is 11.4 Å². The monoisotopic (exact) mass is 240 g/mol. The first-order valence-corrected chi connectivity index (χ1v) is 6.17. The molecule has 0 aliphatic heterocycles. The Morgan fingerprint density at radius 1 is 1.31 bits per heavy atom. The van der Waals surface area contributed by atoms with E-state index in [0.717, 1.165) is 0 Å². The van der Waals surface area contributed by atoms with Crippen LogP contribution in [0, 0.1) is 0 Å². The number of fused-ring (bicyclic) bond motifs is 1. The fraction of sp³-hybridized carbons (Fsp3) is 0.222. The Kier molecular flexibility index (Phi) is 2.56. The molecule has 7 heteroatoms. The first-order valence-electron chi connectivity index (χ1n) is 4.68. The van der Waals surface area contributed by atoms with Crippen molar-refractivity contribution in [1.82, 2.24) is 14.1 Å². The molecule has 0 atom stereocenters. The predicted molar refractivity (Wildman–Crippen MR) is 61.0 cm³/mol. The van der Waals surface area contributed by atoms with Crippen molar-refractivity contribution in [3.8, 4) is 0 Å². The van der Waals surface area contributed by atoms with E-state index in [-0.39, 0.29) is 5.03 Å². The molecule has 0 saturated carbocycles. The largest absolute Gasteiger partial charge is 0.371 e. The zero-order valence-corrected chi connectivity index (χ0v) is 9.75. The average molecular weight is 240 g/mol. The van der Waals surface area contributed by atoms with Crippen LogP contribution in [0.2, 0.25) is 0 Å². The van der Waals surface area contributed by atoms with Gasteiger partial charge in [-0.3, -0.25) is 4.40 Å². The number of aromatic nitrogens is 2. The number of pyridine rings is 1. The fourth-order valence-corrected chi connectivity index (χ4v) is 2.50. The van der Waals surface area contributed by atoms with Crippen LogP contribution in [0.15, 0.2) is 29.4 Å². The SMILES string of the molecule is CNc1nc2ccccn2c1S(=O)(=O)NC. The van der Waals surface area contributed by atoms with Crippen molar-refractivity contribution in [3.63, 3.8) is 0 Å². The maximum atomic E-state index is 11.8. The summed E-state index contributed by atoms with van der Waals surface area (Å²) in [6.07, 6.45) is 1.66. The smallest absolute Gasteiger partial charge is 0.260 e. The number of nitrogens with one attached hydrogen (secondary N) is 2. The second-order valence-electron chi connectivity index (χ2n) is 3.15.